The highest BCUT2D eigenvalue weighted by molar-refractivity contribution is 6.30. The van der Waals surface area contributed by atoms with Crippen molar-refractivity contribution < 1.29 is 18.7 Å². The molecular formula is C28H30ClFN2O3. The van der Waals surface area contributed by atoms with Gasteiger partial charge >= 0.3 is 0 Å². The van der Waals surface area contributed by atoms with Gasteiger partial charge in [0, 0.05) is 25.5 Å². The van der Waals surface area contributed by atoms with Crippen molar-refractivity contribution in [2.75, 3.05) is 31.0 Å². The second-order valence-electron chi connectivity index (χ2n) is 8.97. The Labute approximate surface area is 211 Å². The maximum Gasteiger partial charge on any atom is 0.232 e. The van der Waals surface area contributed by atoms with Crippen LogP contribution in [0.1, 0.15) is 43.0 Å². The number of hydrogen-bond donors (Lipinski definition) is 0. The Hall–Kier alpha value is -3.25. The summed E-state index contributed by atoms with van der Waals surface area (Å²) in [5, 5.41) is 0.0357. The zero-order valence-electron chi connectivity index (χ0n) is 20.6. The van der Waals surface area contributed by atoms with Crippen LogP contribution in [0.2, 0.25) is 5.02 Å². The fourth-order valence-corrected chi connectivity index (χ4v) is 4.44. The van der Waals surface area contributed by atoms with E-state index in [0.29, 0.717) is 17.1 Å². The molecule has 35 heavy (non-hydrogen) atoms. The van der Waals surface area contributed by atoms with E-state index in [-0.39, 0.29) is 23.5 Å². The smallest absolute Gasteiger partial charge is 0.232 e. The predicted octanol–water partition coefficient (Wildman–Crippen LogP) is 6.41. The van der Waals surface area contributed by atoms with Crippen molar-refractivity contribution in [1.29, 1.82) is 0 Å². The topological polar surface area (TPSA) is 42.0 Å². The molecule has 3 aromatic rings. The molecule has 0 saturated heterocycles. The molecule has 1 aliphatic heterocycles. The normalized spacial score (nSPS) is 16.0. The van der Waals surface area contributed by atoms with E-state index in [1.165, 1.54) is 12.1 Å². The van der Waals surface area contributed by atoms with Gasteiger partial charge in [0.15, 0.2) is 11.5 Å². The maximum absolute atomic E-state index is 14.6. The quantitative estimate of drug-likeness (QED) is 0.379. The minimum absolute atomic E-state index is 0.0201. The summed E-state index contributed by atoms with van der Waals surface area (Å²) in [4.78, 5) is 17.3. The van der Waals surface area contributed by atoms with Gasteiger partial charge < -0.3 is 19.3 Å². The van der Waals surface area contributed by atoms with Gasteiger partial charge in [0.1, 0.15) is 5.82 Å². The Morgan fingerprint density at radius 3 is 2.43 bits per heavy atom. The Morgan fingerprint density at radius 2 is 1.83 bits per heavy atom. The van der Waals surface area contributed by atoms with Gasteiger partial charge in [-0.1, -0.05) is 24.6 Å². The number of halogens is 2. The van der Waals surface area contributed by atoms with E-state index in [4.69, 9.17) is 21.1 Å². The minimum atomic E-state index is -0.562. The lowest BCUT2D eigenvalue weighted by molar-refractivity contribution is -0.118. The zero-order valence-corrected chi connectivity index (χ0v) is 21.4. The van der Waals surface area contributed by atoms with Gasteiger partial charge in [0.25, 0.3) is 0 Å². The van der Waals surface area contributed by atoms with Crippen LogP contribution in [0.4, 0.5) is 15.8 Å². The number of carbonyl (C=O) groups excluding carboxylic acids is 1. The highest BCUT2D eigenvalue weighted by Gasteiger charge is 2.36. The van der Waals surface area contributed by atoms with Crippen LogP contribution in [0.15, 0.2) is 54.6 Å². The second-order valence-corrected chi connectivity index (χ2v) is 9.37. The van der Waals surface area contributed by atoms with E-state index >= 15 is 0 Å². The molecule has 0 bridgehead atoms. The molecule has 3 aromatic carbocycles. The third kappa shape index (κ3) is 4.94. The standard InChI is InChI=1S/C28H30ClFN2O3/c1-6-17(2)35-26-16-22-19(14-25(26)34-5)15-27(33)32(21-10-8-20(9-11-21)31(3)4)28(22)18-7-12-23(29)24(30)13-18/h7-14,16-17,28H,6,15H2,1-5H3/t17-,28?/m1/s1. The third-order valence-corrected chi connectivity index (χ3v) is 6.70. The molecule has 1 amide bonds. The first-order chi connectivity index (χ1) is 16.7. The summed E-state index contributed by atoms with van der Waals surface area (Å²) >= 11 is 5.99. The highest BCUT2D eigenvalue weighted by Crippen LogP contribution is 2.44. The average Bonchev–Trinajstić information content (AvgIpc) is 2.84. The van der Waals surface area contributed by atoms with Crippen LogP contribution in [0, 0.1) is 5.82 Å². The number of benzene rings is 3. The van der Waals surface area contributed by atoms with Crippen LogP contribution in [0.25, 0.3) is 0 Å². The highest BCUT2D eigenvalue weighted by atomic mass is 35.5. The lowest BCUT2D eigenvalue weighted by Gasteiger charge is -2.38. The molecule has 0 radical (unpaired) electrons. The van der Waals surface area contributed by atoms with Crippen LogP contribution in [-0.2, 0) is 11.2 Å². The number of hydrogen-bond acceptors (Lipinski definition) is 4. The van der Waals surface area contributed by atoms with Gasteiger partial charge in [0.2, 0.25) is 5.91 Å². The summed E-state index contributed by atoms with van der Waals surface area (Å²) in [7, 11) is 5.51. The third-order valence-electron chi connectivity index (χ3n) is 6.40. The fraction of sp³-hybridized carbons (Fsp3) is 0.321. The molecule has 7 heteroatoms. The maximum atomic E-state index is 14.6. The van der Waals surface area contributed by atoms with E-state index in [1.807, 2.05) is 69.2 Å². The molecule has 1 aliphatic rings. The van der Waals surface area contributed by atoms with Crippen molar-refractivity contribution >= 4 is 28.9 Å². The molecule has 2 atom stereocenters. The van der Waals surface area contributed by atoms with E-state index in [9.17, 15) is 9.18 Å². The molecule has 0 N–H and O–H groups in total. The molecule has 4 rings (SSSR count). The molecule has 0 saturated carbocycles. The van der Waals surface area contributed by atoms with Gasteiger partial charge in [-0.3, -0.25) is 4.79 Å². The zero-order chi connectivity index (χ0) is 25.3. The first-order valence-electron chi connectivity index (χ1n) is 11.6. The van der Waals surface area contributed by atoms with Crippen molar-refractivity contribution in [2.45, 2.75) is 38.8 Å². The second kappa shape index (κ2) is 10.2. The van der Waals surface area contributed by atoms with Gasteiger partial charge in [-0.05, 0) is 78.6 Å². The molecule has 0 aromatic heterocycles. The van der Waals surface area contributed by atoms with Crippen molar-refractivity contribution in [1.82, 2.24) is 0 Å². The minimum Gasteiger partial charge on any atom is -0.493 e. The summed E-state index contributed by atoms with van der Waals surface area (Å²) in [5.41, 5.74) is 4.05. The van der Waals surface area contributed by atoms with Crippen LogP contribution in [0.5, 0.6) is 11.5 Å². The molecular weight excluding hydrogens is 467 g/mol. The van der Waals surface area contributed by atoms with Gasteiger partial charge in [-0.2, -0.15) is 0 Å². The van der Waals surface area contributed by atoms with E-state index < -0.39 is 11.9 Å². The largest absolute Gasteiger partial charge is 0.493 e. The van der Waals surface area contributed by atoms with Crippen molar-refractivity contribution in [3.63, 3.8) is 0 Å². The number of carbonyl (C=O) groups is 1. The van der Waals surface area contributed by atoms with Gasteiger partial charge in [-0.25, -0.2) is 4.39 Å². The Bertz CT molecular complexity index is 1230. The van der Waals surface area contributed by atoms with Crippen molar-refractivity contribution in [3.05, 3.63) is 82.1 Å². The van der Waals surface area contributed by atoms with Crippen LogP contribution >= 0.6 is 11.6 Å². The van der Waals surface area contributed by atoms with Gasteiger partial charge in [0.05, 0.1) is 30.7 Å². The van der Waals surface area contributed by atoms with E-state index in [2.05, 4.69) is 0 Å². The summed E-state index contributed by atoms with van der Waals surface area (Å²) < 4.78 is 26.4. The lowest BCUT2D eigenvalue weighted by atomic mass is 9.86. The van der Waals surface area contributed by atoms with E-state index in [0.717, 1.165) is 28.9 Å². The molecule has 1 unspecified atom stereocenters. The van der Waals surface area contributed by atoms with Crippen LogP contribution in [-0.4, -0.2) is 33.2 Å². The van der Waals surface area contributed by atoms with Crippen molar-refractivity contribution in [2.24, 2.45) is 0 Å². The molecule has 0 fully saturated rings. The number of amides is 1. The number of nitrogens with zero attached hydrogens (tertiary/aromatic N) is 2. The van der Waals surface area contributed by atoms with Gasteiger partial charge in [-0.15, -0.1) is 0 Å². The summed E-state index contributed by atoms with van der Waals surface area (Å²) in [5.74, 6) is 0.545. The summed E-state index contributed by atoms with van der Waals surface area (Å²) in [6.45, 7) is 4.04. The SMILES string of the molecule is CC[C@@H](C)Oc1cc2c(cc1OC)CC(=O)N(c1ccc(N(C)C)cc1)C2c1ccc(Cl)c(F)c1. The predicted molar refractivity (Wildman–Crippen MR) is 139 cm³/mol. The summed E-state index contributed by atoms with van der Waals surface area (Å²) in [6.07, 6.45) is 1.000. The summed E-state index contributed by atoms with van der Waals surface area (Å²) in [6, 6.07) is 15.7. The Morgan fingerprint density at radius 1 is 1.11 bits per heavy atom. The lowest BCUT2D eigenvalue weighted by Crippen LogP contribution is -2.41. The molecule has 0 aliphatic carbocycles. The Balaban J connectivity index is 1.91. The average molecular weight is 497 g/mol. The van der Waals surface area contributed by atoms with Crippen LogP contribution < -0.4 is 19.3 Å². The molecule has 0 spiro atoms. The monoisotopic (exact) mass is 496 g/mol. The van der Waals surface area contributed by atoms with E-state index in [1.54, 1.807) is 18.1 Å². The molecule has 5 nitrogen and oxygen atoms in total. The number of fused-ring (bicyclic) bond motifs is 1. The molecule has 184 valence electrons. The van der Waals surface area contributed by atoms with Crippen molar-refractivity contribution in [3.8, 4) is 11.5 Å². The first-order valence-corrected chi connectivity index (χ1v) is 12.0. The molecule has 1 heterocycles. The fourth-order valence-electron chi connectivity index (χ4n) is 4.32. The van der Waals surface area contributed by atoms with Crippen LogP contribution in [0.3, 0.4) is 0 Å². The Kier molecular flexibility index (Phi) is 7.22. The number of ether oxygens (including phenoxy) is 2. The first kappa shape index (κ1) is 24.9. The number of rotatable bonds is 7. The number of methoxy groups -OCH3 is 1. The number of anilines is 2.